The van der Waals surface area contributed by atoms with Crippen molar-refractivity contribution in [2.24, 2.45) is 0 Å². The third-order valence-corrected chi connectivity index (χ3v) is 4.78. The van der Waals surface area contributed by atoms with Crippen LogP contribution in [-0.2, 0) is 0 Å². The molecule has 1 aromatic heterocycles. The number of thiol groups is 1. The van der Waals surface area contributed by atoms with Crippen LogP contribution >= 0.6 is 46.6 Å². The summed E-state index contributed by atoms with van der Waals surface area (Å²) in [4.78, 5) is 0.781. The van der Waals surface area contributed by atoms with Gasteiger partial charge in [-0.05, 0) is 45.5 Å². The molecule has 1 aromatic carbocycles. The van der Waals surface area contributed by atoms with Crippen LogP contribution in [0.1, 0.15) is 0 Å². The van der Waals surface area contributed by atoms with E-state index in [1.54, 1.807) is 11.3 Å². The highest BCUT2D eigenvalue weighted by Gasteiger charge is 2.20. The minimum absolute atomic E-state index is 0.550. The molecule has 2 nitrogen and oxygen atoms in total. The van der Waals surface area contributed by atoms with Crippen molar-refractivity contribution in [3.8, 4) is 0 Å². The number of fused-ring (bicyclic) bond motifs is 1. The molecule has 72 valence electrons. The van der Waals surface area contributed by atoms with Gasteiger partial charge in [0.05, 0.1) is 0 Å². The maximum Gasteiger partial charge on any atom is 0.490 e. The van der Waals surface area contributed by atoms with E-state index in [1.165, 1.54) is 0 Å². The van der Waals surface area contributed by atoms with Crippen LogP contribution in [0.4, 0.5) is 0 Å². The molecular formula is C8H6BIO2S2. The Morgan fingerprint density at radius 2 is 2.14 bits per heavy atom. The lowest BCUT2D eigenvalue weighted by molar-refractivity contribution is 0.426. The third-order valence-electron chi connectivity index (χ3n) is 1.97. The number of hydrogen-bond acceptors (Lipinski definition) is 4. The number of hydrogen-bond donors (Lipinski definition) is 3. The Kier molecular flexibility index (Phi) is 3.08. The van der Waals surface area contributed by atoms with Crippen molar-refractivity contribution < 1.29 is 10.0 Å². The van der Waals surface area contributed by atoms with Gasteiger partial charge in [0.2, 0.25) is 0 Å². The van der Waals surface area contributed by atoms with E-state index < -0.39 is 7.12 Å². The van der Waals surface area contributed by atoms with Gasteiger partial charge in [0, 0.05) is 18.6 Å². The standard InChI is InChI=1S/C8H6BIO2S2/c10-8-5(13)3-6-4(1-2-14-6)7(8)9(11)12/h1-3,11-13H. The molecular weight excluding hydrogens is 330 g/mol. The van der Waals surface area contributed by atoms with E-state index in [9.17, 15) is 10.0 Å². The van der Waals surface area contributed by atoms with Gasteiger partial charge in [0.25, 0.3) is 0 Å². The van der Waals surface area contributed by atoms with E-state index in [-0.39, 0.29) is 0 Å². The van der Waals surface area contributed by atoms with E-state index in [0.717, 1.165) is 18.6 Å². The summed E-state index contributed by atoms with van der Waals surface area (Å²) >= 11 is 7.93. The molecule has 0 aliphatic carbocycles. The summed E-state index contributed by atoms with van der Waals surface area (Å²) < 4.78 is 1.82. The van der Waals surface area contributed by atoms with E-state index in [0.29, 0.717) is 5.46 Å². The number of benzene rings is 1. The largest absolute Gasteiger partial charge is 0.490 e. The van der Waals surface area contributed by atoms with Crippen molar-refractivity contribution >= 4 is 69.2 Å². The molecule has 0 saturated heterocycles. The highest BCUT2D eigenvalue weighted by molar-refractivity contribution is 14.1. The molecule has 2 rings (SSSR count). The highest BCUT2D eigenvalue weighted by Crippen LogP contribution is 2.26. The van der Waals surface area contributed by atoms with Crippen molar-refractivity contribution in [3.05, 3.63) is 21.1 Å². The van der Waals surface area contributed by atoms with Gasteiger partial charge in [0.15, 0.2) is 0 Å². The van der Waals surface area contributed by atoms with Crippen molar-refractivity contribution in [1.82, 2.24) is 0 Å². The molecule has 0 radical (unpaired) electrons. The zero-order valence-electron chi connectivity index (χ0n) is 6.94. The van der Waals surface area contributed by atoms with Crippen molar-refractivity contribution in [2.75, 3.05) is 0 Å². The second-order valence-corrected chi connectivity index (χ2v) is 5.34. The summed E-state index contributed by atoms with van der Waals surface area (Å²) in [5.74, 6) is 0. The topological polar surface area (TPSA) is 40.5 Å². The van der Waals surface area contributed by atoms with Crippen molar-refractivity contribution in [3.63, 3.8) is 0 Å². The first-order valence-electron chi connectivity index (χ1n) is 3.86. The molecule has 0 unspecified atom stereocenters. The molecule has 0 atom stereocenters. The second kappa shape index (κ2) is 4.01. The molecule has 0 saturated carbocycles. The molecule has 0 bridgehead atoms. The molecule has 2 aromatic rings. The molecule has 0 amide bonds. The van der Waals surface area contributed by atoms with Crippen LogP contribution in [0.5, 0.6) is 0 Å². The Bertz CT molecular complexity index is 483. The lowest BCUT2D eigenvalue weighted by Gasteiger charge is -2.07. The van der Waals surface area contributed by atoms with E-state index in [1.807, 2.05) is 17.5 Å². The molecule has 14 heavy (non-hydrogen) atoms. The molecule has 1 heterocycles. The summed E-state index contributed by atoms with van der Waals surface area (Å²) in [6.07, 6.45) is 0. The van der Waals surface area contributed by atoms with Gasteiger partial charge < -0.3 is 10.0 Å². The van der Waals surface area contributed by atoms with Gasteiger partial charge in [-0.3, -0.25) is 0 Å². The summed E-state index contributed by atoms with van der Waals surface area (Å²) in [5, 5.41) is 21.4. The van der Waals surface area contributed by atoms with Crippen molar-refractivity contribution in [2.45, 2.75) is 4.90 Å². The molecule has 0 aliphatic heterocycles. The van der Waals surface area contributed by atoms with Crippen LogP contribution in [0.3, 0.4) is 0 Å². The van der Waals surface area contributed by atoms with E-state index >= 15 is 0 Å². The van der Waals surface area contributed by atoms with Gasteiger partial charge in [0.1, 0.15) is 0 Å². The number of thiophene rings is 1. The molecule has 0 fully saturated rings. The molecule has 6 heteroatoms. The number of halogens is 1. The fourth-order valence-corrected chi connectivity index (χ4v) is 3.25. The Hall–Kier alpha value is 0.245. The van der Waals surface area contributed by atoms with Crippen LogP contribution in [-0.4, -0.2) is 17.2 Å². The molecule has 0 aliphatic rings. The van der Waals surface area contributed by atoms with E-state index in [2.05, 4.69) is 35.2 Å². The Morgan fingerprint density at radius 3 is 2.79 bits per heavy atom. The first-order valence-corrected chi connectivity index (χ1v) is 6.26. The fraction of sp³-hybridized carbons (Fsp3) is 0. The zero-order chi connectivity index (χ0) is 10.3. The monoisotopic (exact) mass is 336 g/mol. The summed E-state index contributed by atoms with van der Waals surface area (Å²) in [6, 6.07) is 3.83. The quantitative estimate of drug-likeness (QED) is 0.419. The first kappa shape index (κ1) is 10.8. The van der Waals surface area contributed by atoms with E-state index in [4.69, 9.17) is 0 Å². The van der Waals surface area contributed by atoms with Crippen LogP contribution in [0.15, 0.2) is 22.4 Å². The summed E-state index contributed by atoms with van der Waals surface area (Å²) in [5.41, 5.74) is 0.550. The average Bonchev–Trinajstić information content (AvgIpc) is 2.52. The smallest absolute Gasteiger partial charge is 0.423 e. The van der Waals surface area contributed by atoms with Crippen LogP contribution in [0.2, 0.25) is 0 Å². The van der Waals surface area contributed by atoms with Gasteiger partial charge >= 0.3 is 7.12 Å². The minimum Gasteiger partial charge on any atom is -0.423 e. The minimum atomic E-state index is -1.44. The third kappa shape index (κ3) is 1.69. The van der Waals surface area contributed by atoms with Gasteiger partial charge in [-0.15, -0.1) is 24.0 Å². The summed E-state index contributed by atoms with van der Waals surface area (Å²) in [7, 11) is -1.44. The lowest BCUT2D eigenvalue weighted by atomic mass is 9.78. The van der Waals surface area contributed by atoms with Crippen LogP contribution in [0, 0.1) is 3.57 Å². The molecule has 2 N–H and O–H groups in total. The van der Waals surface area contributed by atoms with Gasteiger partial charge in [-0.25, -0.2) is 0 Å². The summed E-state index contributed by atoms with van der Waals surface area (Å²) in [6.45, 7) is 0. The Morgan fingerprint density at radius 1 is 1.43 bits per heavy atom. The zero-order valence-corrected chi connectivity index (χ0v) is 10.8. The van der Waals surface area contributed by atoms with Gasteiger partial charge in [-0.2, -0.15) is 0 Å². The lowest BCUT2D eigenvalue weighted by Crippen LogP contribution is -2.33. The fourth-order valence-electron chi connectivity index (χ4n) is 1.35. The van der Waals surface area contributed by atoms with Crippen LogP contribution in [0.25, 0.3) is 10.1 Å². The second-order valence-electron chi connectivity index (χ2n) is 2.83. The predicted octanol–water partition coefficient (Wildman–Crippen LogP) is 1.47. The Labute approximate surface area is 105 Å². The van der Waals surface area contributed by atoms with Gasteiger partial charge in [-0.1, -0.05) is 0 Å². The highest BCUT2D eigenvalue weighted by atomic mass is 127. The number of rotatable bonds is 1. The van der Waals surface area contributed by atoms with Crippen molar-refractivity contribution in [1.29, 1.82) is 0 Å². The normalized spacial score (nSPS) is 10.9. The Balaban J connectivity index is 2.86. The average molecular weight is 336 g/mol. The SMILES string of the molecule is OB(O)c1c(I)c(S)cc2sccc12. The maximum absolute atomic E-state index is 9.27. The first-order chi connectivity index (χ1) is 6.61. The molecule has 0 spiro atoms. The maximum atomic E-state index is 9.27. The van der Waals surface area contributed by atoms with Crippen LogP contribution < -0.4 is 5.46 Å². The predicted molar refractivity (Wildman–Crippen MR) is 71.6 cm³/mol.